The van der Waals surface area contributed by atoms with Crippen molar-refractivity contribution in [3.8, 4) is 11.5 Å². The minimum absolute atomic E-state index is 0.328. The van der Waals surface area contributed by atoms with Gasteiger partial charge in [-0.25, -0.2) is 0 Å². The Morgan fingerprint density at radius 2 is 2.05 bits per heavy atom. The molecule has 0 radical (unpaired) electrons. The highest BCUT2D eigenvalue weighted by atomic mass is 79.9. The highest BCUT2D eigenvalue weighted by molar-refractivity contribution is 9.10. The fourth-order valence-electron chi connectivity index (χ4n) is 1.74. The number of halogens is 1. The van der Waals surface area contributed by atoms with Gasteiger partial charge in [0.15, 0.2) is 0 Å². The summed E-state index contributed by atoms with van der Waals surface area (Å²) in [5, 5.41) is 0. The van der Waals surface area contributed by atoms with Gasteiger partial charge in [0.05, 0.1) is 5.56 Å². The zero-order valence-electron chi connectivity index (χ0n) is 10.5. The number of benzene rings is 2. The first-order valence-corrected chi connectivity index (χ1v) is 7.16. The maximum Gasteiger partial charge on any atom is 0.138 e. The molecule has 2 nitrogen and oxygen atoms in total. The molecule has 0 saturated heterocycles. The van der Waals surface area contributed by atoms with Crippen LogP contribution in [-0.4, -0.2) is 4.99 Å². The van der Waals surface area contributed by atoms with Crippen molar-refractivity contribution in [2.45, 2.75) is 13.3 Å². The lowest BCUT2D eigenvalue weighted by atomic mass is 10.1. The summed E-state index contributed by atoms with van der Waals surface area (Å²) in [6, 6.07) is 13.6. The average molecular weight is 336 g/mol. The third-order valence-corrected chi connectivity index (χ3v) is 3.46. The molecule has 0 aliphatic rings. The van der Waals surface area contributed by atoms with E-state index >= 15 is 0 Å². The van der Waals surface area contributed by atoms with E-state index < -0.39 is 0 Å². The smallest absolute Gasteiger partial charge is 0.138 e. The molecule has 4 heteroatoms. The predicted molar refractivity (Wildman–Crippen MR) is 85.9 cm³/mol. The Bertz CT molecular complexity index is 613. The van der Waals surface area contributed by atoms with E-state index in [2.05, 4.69) is 28.9 Å². The molecule has 0 aliphatic carbocycles. The summed E-state index contributed by atoms with van der Waals surface area (Å²) in [6.45, 7) is 2.11. The third kappa shape index (κ3) is 3.55. The maximum atomic E-state index is 5.90. The van der Waals surface area contributed by atoms with E-state index in [-0.39, 0.29) is 0 Å². The van der Waals surface area contributed by atoms with E-state index in [9.17, 15) is 0 Å². The number of thiocarbonyl (C=S) groups is 1. The topological polar surface area (TPSA) is 35.2 Å². The van der Waals surface area contributed by atoms with E-state index in [1.165, 1.54) is 5.56 Å². The van der Waals surface area contributed by atoms with Crippen LogP contribution in [0.5, 0.6) is 11.5 Å². The lowest BCUT2D eigenvalue weighted by molar-refractivity contribution is 0.481. The second-order valence-corrected chi connectivity index (χ2v) is 5.46. The summed E-state index contributed by atoms with van der Waals surface area (Å²) in [5.41, 5.74) is 7.67. The van der Waals surface area contributed by atoms with E-state index in [0.29, 0.717) is 10.7 Å². The van der Waals surface area contributed by atoms with Gasteiger partial charge < -0.3 is 10.5 Å². The number of nitrogens with two attached hydrogens (primary N) is 1. The molecule has 98 valence electrons. The minimum atomic E-state index is 0.328. The standard InChI is InChI=1S/C15H14BrNOS/c1-2-10-4-3-5-12(8-10)18-14-9-11(16)6-7-13(14)15(17)19/h3-9H,2H2,1H3,(H2,17,19). The molecule has 0 saturated carbocycles. The maximum absolute atomic E-state index is 5.90. The molecule has 2 N–H and O–H groups in total. The molecule has 0 fully saturated rings. The van der Waals surface area contributed by atoms with Gasteiger partial charge in [-0.1, -0.05) is 47.2 Å². The highest BCUT2D eigenvalue weighted by Gasteiger charge is 2.08. The van der Waals surface area contributed by atoms with Gasteiger partial charge in [0.25, 0.3) is 0 Å². The second kappa shape index (κ2) is 6.17. The van der Waals surface area contributed by atoms with Crippen molar-refractivity contribution < 1.29 is 4.74 Å². The van der Waals surface area contributed by atoms with Crippen LogP contribution >= 0.6 is 28.1 Å². The first kappa shape index (κ1) is 14.0. The van der Waals surface area contributed by atoms with Gasteiger partial charge >= 0.3 is 0 Å². The van der Waals surface area contributed by atoms with E-state index in [1.54, 1.807) is 0 Å². The van der Waals surface area contributed by atoms with Gasteiger partial charge in [-0.2, -0.15) is 0 Å². The Morgan fingerprint density at radius 1 is 1.26 bits per heavy atom. The molecule has 2 aromatic carbocycles. The van der Waals surface area contributed by atoms with Crippen LogP contribution in [0.25, 0.3) is 0 Å². The largest absolute Gasteiger partial charge is 0.457 e. The lowest BCUT2D eigenvalue weighted by Gasteiger charge is -2.11. The summed E-state index contributed by atoms with van der Waals surface area (Å²) in [6.07, 6.45) is 0.970. The van der Waals surface area contributed by atoms with Crippen molar-refractivity contribution >= 4 is 33.1 Å². The molecule has 0 aliphatic heterocycles. The summed E-state index contributed by atoms with van der Waals surface area (Å²) >= 11 is 8.46. The van der Waals surface area contributed by atoms with Crippen LogP contribution in [0.4, 0.5) is 0 Å². The quantitative estimate of drug-likeness (QED) is 0.839. The van der Waals surface area contributed by atoms with Gasteiger partial charge in [-0.15, -0.1) is 0 Å². The summed E-state index contributed by atoms with van der Waals surface area (Å²) in [4.78, 5) is 0.328. The van der Waals surface area contributed by atoms with Crippen LogP contribution < -0.4 is 10.5 Å². The lowest BCUT2D eigenvalue weighted by Crippen LogP contribution is -2.10. The number of hydrogen-bond acceptors (Lipinski definition) is 2. The number of hydrogen-bond donors (Lipinski definition) is 1. The van der Waals surface area contributed by atoms with Gasteiger partial charge in [0.1, 0.15) is 16.5 Å². The number of ether oxygens (including phenoxy) is 1. The molecule has 2 rings (SSSR count). The van der Waals surface area contributed by atoms with E-state index in [4.69, 9.17) is 22.7 Å². The zero-order chi connectivity index (χ0) is 13.8. The van der Waals surface area contributed by atoms with Crippen LogP contribution in [-0.2, 0) is 6.42 Å². The van der Waals surface area contributed by atoms with Crippen LogP contribution in [0.3, 0.4) is 0 Å². The summed E-state index contributed by atoms with van der Waals surface area (Å²) in [5.74, 6) is 1.45. The fourth-order valence-corrected chi connectivity index (χ4v) is 2.25. The molecular weight excluding hydrogens is 322 g/mol. The molecule has 0 heterocycles. The fraction of sp³-hybridized carbons (Fsp3) is 0.133. The van der Waals surface area contributed by atoms with Crippen LogP contribution in [0.1, 0.15) is 18.1 Å². The Balaban J connectivity index is 2.36. The van der Waals surface area contributed by atoms with Crippen molar-refractivity contribution in [3.05, 3.63) is 58.1 Å². The predicted octanol–water partition coefficient (Wildman–Crippen LogP) is 4.44. The Morgan fingerprint density at radius 3 is 2.74 bits per heavy atom. The number of rotatable bonds is 4. The van der Waals surface area contributed by atoms with Crippen molar-refractivity contribution in [1.29, 1.82) is 0 Å². The van der Waals surface area contributed by atoms with Gasteiger partial charge in [0.2, 0.25) is 0 Å². The Hall–Kier alpha value is -1.39. The average Bonchev–Trinajstić information content (AvgIpc) is 2.38. The number of aryl methyl sites for hydroxylation is 1. The van der Waals surface area contributed by atoms with Crippen LogP contribution in [0.2, 0.25) is 0 Å². The second-order valence-electron chi connectivity index (χ2n) is 4.11. The SMILES string of the molecule is CCc1cccc(Oc2cc(Br)ccc2C(N)=S)c1. The normalized spacial score (nSPS) is 10.2. The van der Waals surface area contributed by atoms with Crippen LogP contribution in [0, 0.1) is 0 Å². The van der Waals surface area contributed by atoms with Crippen molar-refractivity contribution in [2.75, 3.05) is 0 Å². The van der Waals surface area contributed by atoms with Crippen LogP contribution in [0.15, 0.2) is 46.9 Å². The highest BCUT2D eigenvalue weighted by Crippen LogP contribution is 2.29. The monoisotopic (exact) mass is 335 g/mol. The molecule has 19 heavy (non-hydrogen) atoms. The molecular formula is C15H14BrNOS. The minimum Gasteiger partial charge on any atom is -0.457 e. The molecule has 0 bridgehead atoms. The zero-order valence-corrected chi connectivity index (χ0v) is 12.9. The summed E-state index contributed by atoms with van der Waals surface area (Å²) in [7, 11) is 0. The Labute approximate surface area is 126 Å². The molecule has 0 spiro atoms. The first-order valence-electron chi connectivity index (χ1n) is 5.96. The van der Waals surface area contributed by atoms with E-state index in [0.717, 1.165) is 22.2 Å². The van der Waals surface area contributed by atoms with Gasteiger partial charge in [-0.05, 0) is 42.3 Å². The molecule has 0 aromatic heterocycles. The first-order chi connectivity index (χ1) is 9.10. The summed E-state index contributed by atoms with van der Waals surface area (Å²) < 4.78 is 6.82. The van der Waals surface area contributed by atoms with Crippen molar-refractivity contribution in [3.63, 3.8) is 0 Å². The van der Waals surface area contributed by atoms with Crippen molar-refractivity contribution in [1.82, 2.24) is 0 Å². The van der Waals surface area contributed by atoms with E-state index in [1.807, 2.05) is 36.4 Å². The van der Waals surface area contributed by atoms with Crippen molar-refractivity contribution in [2.24, 2.45) is 5.73 Å². The van der Waals surface area contributed by atoms with Gasteiger partial charge in [0, 0.05) is 4.47 Å². The third-order valence-electron chi connectivity index (χ3n) is 2.74. The molecule has 0 amide bonds. The van der Waals surface area contributed by atoms with Gasteiger partial charge in [-0.3, -0.25) is 0 Å². The Kier molecular flexibility index (Phi) is 4.56. The molecule has 0 unspecified atom stereocenters. The molecule has 2 aromatic rings. The molecule has 0 atom stereocenters.